The van der Waals surface area contributed by atoms with E-state index in [0.29, 0.717) is 0 Å². The zero-order valence-electron chi connectivity index (χ0n) is 9.86. The molecule has 1 rings (SSSR count). The summed E-state index contributed by atoms with van der Waals surface area (Å²) in [5.41, 5.74) is 3.97. The molecular formula is C11H8BrF3N4O. The summed E-state index contributed by atoms with van der Waals surface area (Å²) >= 11 is 2.78. The second-order valence-corrected chi connectivity index (χ2v) is 4.51. The van der Waals surface area contributed by atoms with Crippen molar-refractivity contribution in [3.05, 3.63) is 28.2 Å². The van der Waals surface area contributed by atoms with Crippen molar-refractivity contribution in [1.82, 2.24) is 0 Å². The van der Waals surface area contributed by atoms with Gasteiger partial charge >= 0.3 is 6.18 Å². The highest BCUT2D eigenvalue weighted by Crippen LogP contribution is 2.37. The van der Waals surface area contributed by atoms with Gasteiger partial charge in [0.15, 0.2) is 6.04 Å². The lowest BCUT2D eigenvalue weighted by atomic mass is 10.2. The fraction of sp³-hybridized carbons (Fsp3) is 0.273. The lowest BCUT2D eigenvalue weighted by Gasteiger charge is -2.09. The van der Waals surface area contributed by atoms with Gasteiger partial charge in [0.05, 0.1) is 23.7 Å². The van der Waals surface area contributed by atoms with E-state index < -0.39 is 23.7 Å². The van der Waals surface area contributed by atoms with Crippen molar-refractivity contribution in [1.29, 1.82) is 5.26 Å². The number of rotatable bonds is 4. The number of amides is 1. The average molecular weight is 349 g/mol. The third-order valence-corrected chi connectivity index (χ3v) is 2.87. The molecule has 0 aliphatic heterocycles. The summed E-state index contributed by atoms with van der Waals surface area (Å²) in [6, 6.07) is 3.73. The van der Waals surface area contributed by atoms with Gasteiger partial charge < -0.3 is 5.73 Å². The zero-order chi connectivity index (χ0) is 15.3. The minimum atomic E-state index is -4.54. The maximum absolute atomic E-state index is 12.7. The monoisotopic (exact) mass is 348 g/mol. The number of nitrogens with two attached hydrogens (primary N) is 1. The first kappa shape index (κ1) is 16.1. The minimum Gasteiger partial charge on any atom is -0.368 e. The number of azo groups is 1. The van der Waals surface area contributed by atoms with E-state index >= 15 is 0 Å². The molecule has 0 saturated carbocycles. The van der Waals surface area contributed by atoms with Crippen LogP contribution in [0.5, 0.6) is 0 Å². The van der Waals surface area contributed by atoms with Crippen molar-refractivity contribution in [2.24, 2.45) is 16.0 Å². The average Bonchev–Trinajstić information content (AvgIpc) is 2.34. The Balaban J connectivity index is 3.05. The standard InChI is InChI=1S/C11H8BrF3N4O/c12-8-2-1-6(5-7(8)11(13,14)15)18-19-9(3-4-16)10(17)20/h1-2,5,9H,3H2,(H2,17,20). The number of benzene rings is 1. The highest BCUT2D eigenvalue weighted by molar-refractivity contribution is 9.10. The summed E-state index contributed by atoms with van der Waals surface area (Å²) in [6.07, 6.45) is -4.83. The van der Waals surface area contributed by atoms with Gasteiger partial charge in [-0.25, -0.2) is 0 Å². The molecule has 20 heavy (non-hydrogen) atoms. The molecule has 9 heteroatoms. The van der Waals surface area contributed by atoms with E-state index in [-0.39, 0.29) is 16.6 Å². The third-order valence-electron chi connectivity index (χ3n) is 2.18. The van der Waals surface area contributed by atoms with Crippen molar-refractivity contribution in [3.63, 3.8) is 0 Å². The van der Waals surface area contributed by atoms with Crippen LogP contribution in [-0.2, 0) is 11.0 Å². The van der Waals surface area contributed by atoms with Crippen LogP contribution >= 0.6 is 15.9 Å². The van der Waals surface area contributed by atoms with Gasteiger partial charge in [0.2, 0.25) is 5.91 Å². The number of alkyl halides is 3. The van der Waals surface area contributed by atoms with Gasteiger partial charge in [-0.2, -0.15) is 28.7 Å². The Kier molecular flexibility index (Phi) is 5.21. The summed E-state index contributed by atoms with van der Waals surface area (Å²) in [5.74, 6) is -0.872. The van der Waals surface area contributed by atoms with Gasteiger partial charge in [-0.1, -0.05) is 15.9 Å². The second kappa shape index (κ2) is 6.47. The summed E-state index contributed by atoms with van der Waals surface area (Å²) in [5, 5.41) is 15.5. The normalized spacial score (nSPS) is 13.2. The van der Waals surface area contributed by atoms with Crippen LogP contribution in [0.4, 0.5) is 18.9 Å². The van der Waals surface area contributed by atoms with Crippen LogP contribution in [0.2, 0.25) is 0 Å². The van der Waals surface area contributed by atoms with Crippen molar-refractivity contribution in [2.75, 3.05) is 0 Å². The van der Waals surface area contributed by atoms with Crippen molar-refractivity contribution in [3.8, 4) is 6.07 Å². The fourth-order valence-electron chi connectivity index (χ4n) is 1.21. The van der Waals surface area contributed by atoms with Gasteiger partial charge in [-0.15, -0.1) is 0 Å². The summed E-state index contributed by atoms with van der Waals surface area (Å²) in [7, 11) is 0. The predicted molar refractivity (Wildman–Crippen MR) is 66.9 cm³/mol. The van der Waals surface area contributed by atoms with E-state index in [1.54, 1.807) is 6.07 Å². The molecule has 0 bridgehead atoms. The molecule has 1 atom stereocenters. The number of nitrogens with zero attached hydrogens (tertiary/aromatic N) is 3. The second-order valence-electron chi connectivity index (χ2n) is 3.66. The number of halogens is 4. The molecule has 106 valence electrons. The van der Waals surface area contributed by atoms with Crippen molar-refractivity contribution < 1.29 is 18.0 Å². The van der Waals surface area contributed by atoms with E-state index in [1.807, 2.05) is 0 Å². The number of carbonyl (C=O) groups excluding carboxylic acids is 1. The van der Waals surface area contributed by atoms with E-state index in [2.05, 4.69) is 26.2 Å². The number of primary amides is 1. The molecule has 1 aromatic rings. The molecule has 0 heterocycles. The van der Waals surface area contributed by atoms with Crippen LogP contribution in [0.3, 0.4) is 0 Å². The van der Waals surface area contributed by atoms with Gasteiger partial charge in [-0.05, 0) is 18.2 Å². The molecule has 0 fully saturated rings. The molecule has 5 nitrogen and oxygen atoms in total. The Morgan fingerprint density at radius 1 is 1.50 bits per heavy atom. The summed E-state index contributed by atoms with van der Waals surface area (Å²) in [6.45, 7) is 0. The fourth-order valence-corrected chi connectivity index (χ4v) is 1.69. The Morgan fingerprint density at radius 2 is 2.15 bits per heavy atom. The smallest absolute Gasteiger partial charge is 0.368 e. The number of hydrogen-bond acceptors (Lipinski definition) is 4. The maximum atomic E-state index is 12.7. The molecule has 1 amide bonds. The van der Waals surface area contributed by atoms with E-state index in [1.165, 1.54) is 12.1 Å². The highest BCUT2D eigenvalue weighted by atomic mass is 79.9. The Morgan fingerprint density at radius 3 is 2.65 bits per heavy atom. The van der Waals surface area contributed by atoms with Crippen molar-refractivity contribution >= 4 is 27.5 Å². The Labute approximate surface area is 120 Å². The van der Waals surface area contributed by atoms with Gasteiger partial charge in [-0.3, -0.25) is 4.79 Å². The molecule has 0 saturated heterocycles. The number of carbonyl (C=O) groups is 1. The molecule has 0 aromatic heterocycles. The van der Waals surface area contributed by atoms with Crippen LogP contribution < -0.4 is 5.73 Å². The molecule has 0 aliphatic rings. The molecule has 1 aromatic carbocycles. The first-order chi connectivity index (χ1) is 9.25. The van der Waals surface area contributed by atoms with Gasteiger partial charge in [0.25, 0.3) is 0 Å². The third kappa shape index (κ3) is 4.31. The number of nitriles is 1. The molecule has 1 unspecified atom stereocenters. The zero-order valence-corrected chi connectivity index (χ0v) is 11.4. The lowest BCUT2D eigenvalue weighted by molar-refractivity contribution is -0.138. The summed E-state index contributed by atoms with van der Waals surface area (Å²) in [4.78, 5) is 10.9. The van der Waals surface area contributed by atoms with Crippen LogP contribution in [0.25, 0.3) is 0 Å². The number of hydrogen-bond donors (Lipinski definition) is 1. The highest BCUT2D eigenvalue weighted by Gasteiger charge is 2.33. The topological polar surface area (TPSA) is 91.6 Å². The van der Waals surface area contributed by atoms with E-state index in [0.717, 1.165) is 6.07 Å². The Hall–Kier alpha value is -1.95. The van der Waals surface area contributed by atoms with Gasteiger partial charge in [0.1, 0.15) is 0 Å². The van der Waals surface area contributed by atoms with Crippen LogP contribution in [0.15, 0.2) is 32.9 Å². The quantitative estimate of drug-likeness (QED) is 0.845. The van der Waals surface area contributed by atoms with Crippen molar-refractivity contribution in [2.45, 2.75) is 18.6 Å². The Bertz CT molecular complexity index is 580. The minimum absolute atomic E-state index is 0.0929. The molecule has 0 aliphatic carbocycles. The predicted octanol–water partition coefficient (Wildman–Crippen LogP) is 3.32. The SMILES string of the molecule is N#CCC(N=Nc1ccc(Br)c(C(F)(F)F)c1)C(N)=O. The van der Waals surface area contributed by atoms with Gasteiger partial charge in [0, 0.05) is 4.47 Å². The molecule has 2 N–H and O–H groups in total. The molecule has 0 radical (unpaired) electrons. The lowest BCUT2D eigenvalue weighted by Crippen LogP contribution is -2.25. The van der Waals surface area contributed by atoms with Crippen LogP contribution in [0.1, 0.15) is 12.0 Å². The first-order valence-electron chi connectivity index (χ1n) is 5.19. The molecular weight excluding hydrogens is 341 g/mol. The largest absolute Gasteiger partial charge is 0.417 e. The van der Waals surface area contributed by atoms with E-state index in [9.17, 15) is 18.0 Å². The molecule has 0 spiro atoms. The van der Waals surface area contributed by atoms with Crippen LogP contribution in [0, 0.1) is 11.3 Å². The maximum Gasteiger partial charge on any atom is 0.417 e. The summed E-state index contributed by atoms with van der Waals surface area (Å²) < 4.78 is 37.8. The van der Waals surface area contributed by atoms with E-state index in [4.69, 9.17) is 11.0 Å². The first-order valence-corrected chi connectivity index (χ1v) is 5.99. The van der Waals surface area contributed by atoms with Crippen LogP contribution in [-0.4, -0.2) is 11.9 Å².